The summed E-state index contributed by atoms with van der Waals surface area (Å²) in [6.45, 7) is 14.6. The monoisotopic (exact) mass is 332 g/mol. The average molecular weight is 332 g/mol. The van der Waals surface area contributed by atoms with Crippen LogP contribution < -0.4 is 4.90 Å². The highest BCUT2D eigenvalue weighted by Gasteiger charge is 2.27. The van der Waals surface area contributed by atoms with Crippen LogP contribution in [-0.4, -0.2) is 58.8 Å². The second kappa shape index (κ2) is 8.58. The molecule has 5 heteroatoms. The smallest absolute Gasteiger partial charge is 0.132 e. The predicted molar refractivity (Wildman–Crippen MR) is 99.6 cm³/mol. The molecule has 1 aromatic heterocycles. The van der Waals surface area contributed by atoms with Crippen molar-refractivity contribution < 1.29 is 5.11 Å². The number of nitrogens with zero attached hydrogens (tertiary/aromatic N) is 4. The number of piperazine rings is 1. The van der Waals surface area contributed by atoms with E-state index >= 15 is 0 Å². The van der Waals surface area contributed by atoms with Crippen molar-refractivity contribution in [3.05, 3.63) is 29.2 Å². The number of hydrogen-bond acceptors (Lipinski definition) is 5. The molecule has 2 rings (SSSR count). The van der Waals surface area contributed by atoms with E-state index in [1.54, 1.807) is 0 Å². The molecule has 0 aromatic carbocycles. The van der Waals surface area contributed by atoms with Crippen molar-refractivity contribution in [3.63, 3.8) is 0 Å². The van der Waals surface area contributed by atoms with E-state index in [4.69, 9.17) is 0 Å². The van der Waals surface area contributed by atoms with E-state index in [0.717, 1.165) is 49.9 Å². The maximum Gasteiger partial charge on any atom is 0.132 e. The molecular formula is C19H32N4O. The van der Waals surface area contributed by atoms with Gasteiger partial charge in [0.05, 0.1) is 0 Å². The summed E-state index contributed by atoms with van der Waals surface area (Å²) in [5, 5.41) is 9.45. The molecule has 1 aliphatic rings. The van der Waals surface area contributed by atoms with Crippen LogP contribution in [0.25, 0.3) is 0 Å². The van der Waals surface area contributed by atoms with E-state index in [2.05, 4.69) is 59.6 Å². The average Bonchev–Trinajstić information content (AvgIpc) is 2.53. The first kappa shape index (κ1) is 18.9. The van der Waals surface area contributed by atoms with Gasteiger partial charge in [-0.05, 0) is 33.1 Å². The summed E-state index contributed by atoms with van der Waals surface area (Å²) < 4.78 is 0. The zero-order chi connectivity index (χ0) is 17.7. The molecule has 0 bridgehead atoms. The Labute approximate surface area is 146 Å². The van der Waals surface area contributed by atoms with Crippen LogP contribution in [0.5, 0.6) is 0 Å². The van der Waals surface area contributed by atoms with Gasteiger partial charge >= 0.3 is 0 Å². The highest BCUT2D eigenvalue weighted by Crippen LogP contribution is 2.22. The number of allylic oxidation sites excluding steroid dienone is 1. The maximum absolute atomic E-state index is 9.45. The van der Waals surface area contributed by atoms with Gasteiger partial charge in [-0.3, -0.25) is 4.90 Å². The highest BCUT2D eigenvalue weighted by molar-refractivity contribution is 5.41. The van der Waals surface area contributed by atoms with Gasteiger partial charge in [-0.15, -0.1) is 0 Å². The number of hydrogen-bond donors (Lipinski definition) is 1. The van der Waals surface area contributed by atoms with E-state index in [0.29, 0.717) is 12.0 Å². The Morgan fingerprint density at radius 3 is 2.71 bits per heavy atom. The Balaban J connectivity index is 2.15. The minimum absolute atomic E-state index is 0.226. The molecule has 1 saturated heterocycles. The summed E-state index contributed by atoms with van der Waals surface area (Å²) in [7, 11) is 0. The van der Waals surface area contributed by atoms with E-state index in [9.17, 15) is 5.11 Å². The zero-order valence-corrected chi connectivity index (χ0v) is 15.8. The molecule has 134 valence electrons. The van der Waals surface area contributed by atoms with Crippen LogP contribution in [-0.2, 0) is 0 Å². The van der Waals surface area contributed by atoms with Crippen molar-refractivity contribution in [1.82, 2.24) is 14.9 Å². The summed E-state index contributed by atoms with van der Waals surface area (Å²) in [6.07, 6.45) is 3.07. The molecule has 0 unspecified atom stereocenters. The van der Waals surface area contributed by atoms with Gasteiger partial charge in [0.1, 0.15) is 11.6 Å². The lowest BCUT2D eigenvalue weighted by molar-refractivity contribution is 0.155. The van der Waals surface area contributed by atoms with Crippen LogP contribution in [0.2, 0.25) is 0 Å². The molecular weight excluding hydrogens is 300 g/mol. The zero-order valence-electron chi connectivity index (χ0n) is 15.8. The standard InChI is InChI=1S/C19H32N4O/c1-14(2)6-8-22-9-10-23(13-17(22)7-11-24)19-12-18(15(3)4)20-16(5)21-19/h6,12,15,17,24H,7-11,13H2,1-5H3/t17-/m0/s1. The van der Waals surface area contributed by atoms with Gasteiger partial charge in [-0.25, -0.2) is 9.97 Å². The highest BCUT2D eigenvalue weighted by atomic mass is 16.3. The van der Waals surface area contributed by atoms with Gasteiger partial charge < -0.3 is 10.0 Å². The Kier molecular flexibility index (Phi) is 6.75. The van der Waals surface area contributed by atoms with Gasteiger partial charge in [0, 0.05) is 50.6 Å². The molecule has 5 nitrogen and oxygen atoms in total. The fourth-order valence-corrected chi connectivity index (χ4v) is 3.10. The number of rotatable bonds is 6. The molecule has 1 aliphatic heterocycles. The van der Waals surface area contributed by atoms with Gasteiger partial charge in [0.15, 0.2) is 0 Å². The van der Waals surface area contributed by atoms with Crippen molar-refractivity contribution in [1.29, 1.82) is 0 Å². The molecule has 0 saturated carbocycles. The van der Waals surface area contributed by atoms with Gasteiger partial charge in [-0.1, -0.05) is 25.5 Å². The summed E-state index contributed by atoms with van der Waals surface area (Å²) in [5.74, 6) is 2.26. The predicted octanol–water partition coefficient (Wildman–Crippen LogP) is 2.75. The number of aliphatic hydroxyl groups is 1. The van der Waals surface area contributed by atoms with Crippen molar-refractivity contribution >= 4 is 5.82 Å². The third kappa shape index (κ3) is 5.02. The topological polar surface area (TPSA) is 52.5 Å². The van der Waals surface area contributed by atoms with Crippen molar-refractivity contribution in [3.8, 4) is 0 Å². The second-order valence-electron chi connectivity index (χ2n) is 7.24. The lowest BCUT2D eigenvalue weighted by Crippen LogP contribution is -2.53. The number of aliphatic hydroxyl groups excluding tert-OH is 1. The van der Waals surface area contributed by atoms with Crippen LogP contribution in [0.4, 0.5) is 5.82 Å². The Hall–Kier alpha value is -1.46. The van der Waals surface area contributed by atoms with Crippen LogP contribution in [0, 0.1) is 6.92 Å². The Bertz CT molecular complexity index is 566. The minimum atomic E-state index is 0.226. The van der Waals surface area contributed by atoms with E-state index in [1.807, 2.05) is 6.92 Å². The first-order valence-corrected chi connectivity index (χ1v) is 8.99. The van der Waals surface area contributed by atoms with Crippen molar-refractivity contribution in [2.75, 3.05) is 37.7 Å². The summed E-state index contributed by atoms with van der Waals surface area (Å²) >= 11 is 0. The molecule has 1 aromatic rings. The van der Waals surface area contributed by atoms with Gasteiger partial charge in [-0.2, -0.15) is 0 Å². The Morgan fingerprint density at radius 1 is 1.33 bits per heavy atom. The molecule has 2 heterocycles. The summed E-state index contributed by atoms with van der Waals surface area (Å²) in [4.78, 5) is 14.0. The van der Waals surface area contributed by atoms with E-state index in [-0.39, 0.29) is 6.61 Å². The molecule has 0 radical (unpaired) electrons. The van der Waals surface area contributed by atoms with Crippen LogP contribution in [0.1, 0.15) is 51.6 Å². The van der Waals surface area contributed by atoms with E-state index < -0.39 is 0 Å². The van der Waals surface area contributed by atoms with Crippen molar-refractivity contribution in [2.24, 2.45) is 0 Å². The first-order chi connectivity index (χ1) is 11.4. The molecule has 0 aliphatic carbocycles. The molecule has 1 atom stereocenters. The largest absolute Gasteiger partial charge is 0.396 e. The number of aryl methyl sites for hydroxylation is 1. The quantitative estimate of drug-likeness (QED) is 0.812. The summed E-state index contributed by atoms with van der Waals surface area (Å²) in [6, 6.07) is 2.48. The molecule has 24 heavy (non-hydrogen) atoms. The third-order valence-corrected chi connectivity index (χ3v) is 4.56. The number of anilines is 1. The minimum Gasteiger partial charge on any atom is -0.396 e. The van der Waals surface area contributed by atoms with Crippen molar-refractivity contribution in [2.45, 2.75) is 53.0 Å². The fraction of sp³-hybridized carbons (Fsp3) is 0.684. The lowest BCUT2D eigenvalue weighted by atomic mass is 10.1. The third-order valence-electron chi connectivity index (χ3n) is 4.56. The SMILES string of the molecule is CC(C)=CCN1CCN(c2cc(C(C)C)nc(C)n2)C[C@@H]1CCO. The van der Waals surface area contributed by atoms with Gasteiger partial charge in [0.2, 0.25) is 0 Å². The summed E-state index contributed by atoms with van der Waals surface area (Å²) in [5.41, 5.74) is 2.44. The van der Waals surface area contributed by atoms with E-state index in [1.165, 1.54) is 5.57 Å². The number of aromatic nitrogens is 2. The maximum atomic E-state index is 9.45. The first-order valence-electron chi connectivity index (χ1n) is 8.99. The van der Waals surface area contributed by atoms with Crippen LogP contribution >= 0.6 is 0 Å². The normalized spacial score (nSPS) is 19.0. The van der Waals surface area contributed by atoms with Crippen LogP contribution in [0.15, 0.2) is 17.7 Å². The second-order valence-corrected chi connectivity index (χ2v) is 7.24. The molecule has 0 spiro atoms. The fourth-order valence-electron chi connectivity index (χ4n) is 3.10. The Morgan fingerprint density at radius 2 is 2.08 bits per heavy atom. The van der Waals surface area contributed by atoms with Gasteiger partial charge in [0.25, 0.3) is 0 Å². The molecule has 1 fully saturated rings. The molecule has 1 N–H and O–H groups in total. The van der Waals surface area contributed by atoms with Crippen LogP contribution in [0.3, 0.4) is 0 Å². The lowest BCUT2D eigenvalue weighted by Gasteiger charge is -2.41. The molecule has 0 amide bonds.